The lowest BCUT2D eigenvalue weighted by atomic mass is 10.1. The summed E-state index contributed by atoms with van der Waals surface area (Å²) in [5.41, 5.74) is 2.88. The summed E-state index contributed by atoms with van der Waals surface area (Å²) in [4.78, 5) is 16.9. The summed E-state index contributed by atoms with van der Waals surface area (Å²) in [6.07, 6.45) is 1.12. The standard InChI is InChI=1S/C20H21FN4O/c1-3-4-18(26)25-20(22-13-15-7-11-17(21)12-8-15)23-19(24-25)16-9-5-14(2)6-10-16/h5-12H,3-4,13H2,1-2H3,(H,22,23,24). The van der Waals surface area contributed by atoms with Gasteiger partial charge in [-0.05, 0) is 31.0 Å². The molecule has 0 bridgehead atoms. The highest BCUT2D eigenvalue weighted by Gasteiger charge is 2.16. The lowest BCUT2D eigenvalue weighted by molar-refractivity contribution is 0.0888. The molecule has 3 rings (SSSR count). The summed E-state index contributed by atoms with van der Waals surface area (Å²) in [5, 5.41) is 7.52. The molecule has 0 atom stereocenters. The van der Waals surface area contributed by atoms with Crippen LogP contribution in [0.3, 0.4) is 0 Å². The van der Waals surface area contributed by atoms with E-state index in [1.165, 1.54) is 16.8 Å². The van der Waals surface area contributed by atoms with Crippen LogP contribution < -0.4 is 5.32 Å². The van der Waals surface area contributed by atoms with Gasteiger partial charge in [0.1, 0.15) is 5.82 Å². The van der Waals surface area contributed by atoms with Crippen LogP contribution in [0, 0.1) is 12.7 Å². The number of rotatable bonds is 6. The number of anilines is 1. The molecule has 0 radical (unpaired) electrons. The summed E-state index contributed by atoms with van der Waals surface area (Å²) < 4.78 is 14.4. The largest absolute Gasteiger partial charge is 0.350 e. The fourth-order valence-corrected chi connectivity index (χ4v) is 2.53. The first kappa shape index (κ1) is 17.8. The molecule has 1 heterocycles. The minimum Gasteiger partial charge on any atom is -0.350 e. The van der Waals surface area contributed by atoms with E-state index in [4.69, 9.17) is 0 Å². The molecule has 0 saturated carbocycles. The Bertz CT molecular complexity index is 885. The molecule has 0 aliphatic carbocycles. The highest BCUT2D eigenvalue weighted by Crippen LogP contribution is 2.19. The van der Waals surface area contributed by atoms with Gasteiger partial charge in [0, 0.05) is 18.5 Å². The molecule has 6 heteroatoms. The number of nitrogens with one attached hydrogen (secondary N) is 1. The molecule has 0 saturated heterocycles. The van der Waals surface area contributed by atoms with Crippen LogP contribution in [0.5, 0.6) is 0 Å². The highest BCUT2D eigenvalue weighted by atomic mass is 19.1. The van der Waals surface area contributed by atoms with E-state index in [9.17, 15) is 9.18 Å². The van der Waals surface area contributed by atoms with Crippen molar-refractivity contribution in [3.05, 3.63) is 65.5 Å². The van der Waals surface area contributed by atoms with Crippen molar-refractivity contribution < 1.29 is 9.18 Å². The van der Waals surface area contributed by atoms with Crippen molar-refractivity contribution in [3.63, 3.8) is 0 Å². The van der Waals surface area contributed by atoms with Gasteiger partial charge in [0.15, 0.2) is 5.82 Å². The van der Waals surface area contributed by atoms with Gasteiger partial charge < -0.3 is 5.32 Å². The van der Waals surface area contributed by atoms with Gasteiger partial charge in [-0.3, -0.25) is 4.79 Å². The number of carbonyl (C=O) groups excluding carboxylic acids is 1. The fraction of sp³-hybridized carbons (Fsp3) is 0.250. The Morgan fingerprint density at radius 3 is 2.46 bits per heavy atom. The van der Waals surface area contributed by atoms with E-state index >= 15 is 0 Å². The van der Waals surface area contributed by atoms with Gasteiger partial charge in [0.2, 0.25) is 11.9 Å². The molecular formula is C20H21FN4O. The Labute approximate surface area is 151 Å². The predicted molar refractivity (Wildman–Crippen MR) is 99.5 cm³/mol. The van der Waals surface area contributed by atoms with Gasteiger partial charge in [-0.2, -0.15) is 9.67 Å². The van der Waals surface area contributed by atoms with E-state index in [2.05, 4.69) is 15.4 Å². The Kier molecular flexibility index (Phi) is 5.41. The normalized spacial score (nSPS) is 10.7. The van der Waals surface area contributed by atoms with Gasteiger partial charge in [-0.25, -0.2) is 4.39 Å². The second kappa shape index (κ2) is 7.91. The number of aryl methyl sites for hydroxylation is 1. The number of benzene rings is 2. The molecule has 1 N–H and O–H groups in total. The van der Waals surface area contributed by atoms with Crippen LogP contribution in [0.15, 0.2) is 48.5 Å². The second-order valence-corrected chi connectivity index (χ2v) is 6.16. The lowest BCUT2D eigenvalue weighted by Crippen LogP contribution is -2.16. The van der Waals surface area contributed by atoms with Crippen LogP contribution >= 0.6 is 0 Å². The first-order chi connectivity index (χ1) is 12.6. The maximum absolute atomic E-state index is 13.0. The molecule has 0 aliphatic heterocycles. The Morgan fingerprint density at radius 2 is 1.81 bits per heavy atom. The predicted octanol–water partition coefficient (Wildman–Crippen LogP) is 4.45. The SMILES string of the molecule is CCCC(=O)n1nc(-c2ccc(C)cc2)nc1NCc1ccc(F)cc1. The summed E-state index contributed by atoms with van der Waals surface area (Å²) in [5.74, 6) is 0.496. The first-order valence-corrected chi connectivity index (χ1v) is 8.62. The smallest absolute Gasteiger partial charge is 0.250 e. The van der Waals surface area contributed by atoms with Gasteiger partial charge in [0.25, 0.3) is 0 Å². The van der Waals surface area contributed by atoms with Crippen molar-refractivity contribution in [2.24, 2.45) is 0 Å². The summed E-state index contributed by atoms with van der Waals surface area (Å²) in [6, 6.07) is 14.0. The number of nitrogens with zero attached hydrogens (tertiary/aromatic N) is 3. The number of carbonyl (C=O) groups is 1. The van der Waals surface area contributed by atoms with E-state index in [-0.39, 0.29) is 11.7 Å². The van der Waals surface area contributed by atoms with E-state index in [1.54, 1.807) is 12.1 Å². The summed E-state index contributed by atoms with van der Waals surface area (Å²) in [7, 11) is 0. The van der Waals surface area contributed by atoms with Crippen molar-refractivity contribution in [1.29, 1.82) is 0 Å². The molecule has 134 valence electrons. The number of aromatic nitrogens is 3. The van der Waals surface area contributed by atoms with Crippen molar-refractivity contribution >= 4 is 11.9 Å². The molecule has 26 heavy (non-hydrogen) atoms. The fourth-order valence-electron chi connectivity index (χ4n) is 2.53. The van der Waals surface area contributed by atoms with Crippen LogP contribution in [-0.2, 0) is 6.54 Å². The van der Waals surface area contributed by atoms with E-state index in [0.29, 0.717) is 24.7 Å². The van der Waals surface area contributed by atoms with Crippen LogP contribution in [0.1, 0.15) is 35.7 Å². The van der Waals surface area contributed by atoms with Gasteiger partial charge in [-0.1, -0.05) is 48.9 Å². The van der Waals surface area contributed by atoms with E-state index in [0.717, 1.165) is 23.1 Å². The zero-order chi connectivity index (χ0) is 18.5. The molecule has 3 aromatic rings. The van der Waals surface area contributed by atoms with Gasteiger partial charge >= 0.3 is 0 Å². The minimum absolute atomic E-state index is 0.111. The van der Waals surface area contributed by atoms with Crippen LogP contribution in [0.2, 0.25) is 0 Å². The van der Waals surface area contributed by atoms with Gasteiger partial charge in [0.05, 0.1) is 0 Å². The first-order valence-electron chi connectivity index (χ1n) is 8.62. The quantitative estimate of drug-likeness (QED) is 0.712. The molecule has 0 unspecified atom stereocenters. The molecular weight excluding hydrogens is 331 g/mol. The number of hydrogen-bond donors (Lipinski definition) is 1. The third-order valence-corrected chi connectivity index (χ3v) is 3.98. The Morgan fingerprint density at radius 1 is 1.12 bits per heavy atom. The molecule has 5 nitrogen and oxygen atoms in total. The molecule has 0 aliphatic rings. The Balaban J connectivity index is 1.87. The zero-order valence-corrected chi connectivity index (χ0v) is 14.9. The summed E-state index contributed by atoms with van der Waals surface area (Å²) >= 11 is 0. The molecule has 0 spiro atoms. The third-order valence-electron chi connectivity index (χ3n) is 3.98. The van der Waals surface area contributed by atoms with Crippen LogP contribution in [-0.4, -0.2) is 20.7 Å². The lowest BCUT2D eigenvalue weighted by Gasteiger charge is -2.06. The van der Waals surface area contributed by atoms with Crippen LogP contribution in [0.25, 0.3) is 11.4 Å². The number of halogens is 1. The molecule has 2 aromatic carbocycles. The average molecular weight is 352 g/mol. The summed E-state index contributed by atoms with van der Waals surface area (Å²) in [6.45, 7) is 4.38. The van der Waals surface area contributed by atoms with Gasteiger partial charge in [-0.15, -0.1) is 5.10 Å². The molecule has 1 aromatic heterocycles. The maximum Gasteiger partial charge on any atom is 0.250 e. The maximum atomic E-state index is 13.0. The monoisotopic (exact) mass is 352 g/mol. The molecule has 0 fully saturated rings. The Hall–Kier alpha value is -3.02. The second-order valence-electron chi connectivity index (χ2n) is 6.16. The number of hydrogen-bond acceptors (Lipinski definition) is 4. The van der Waals surface area contributed by atoms with E-state index < -0.39 is 0 Å². The molecule has 0 amide bonds. The minimum atomic E-state index is -0.281. The van der Waals surface area contributed by atoms with Crippen molar-refractivity contribution in [2.45, 2.75) is 33.2 Å². The zero-order valence-electron chi connectivity index (χ0n) is 14.9. The third kappa shape index (κ3) is 4.14. The van der Waals surface area contributed by atoms with Crippen molar-refractivity contribution in [1.82, 2.24) is 14.8 Å². The van der Waals surface area contributed by atoms with Crippen LogP contribution in [0.4, 0.5) is 10.3 Å². The topological polar surface area (TPSA) is 59.8 Å². The average Bonchev–Trinajstić information content (AvgIpc) is 3.06. The van der Waals surface area contributed by atoms with Crippen molar-refractivity contribution in [3.8, 4) is 11.4 Å². The van der Waals surface area contributed by atoms with Crippen molar-refractivity contribution in [2.75, 3.05) is 5.32 Å². The highest BCUT2D eigenvalue weighted by molar-refractivity contribution is 5.81. The van der Waals surface area contributed by atoms with E-state index in [1.807, 2.05) is 38.1 Å².